The second kappa shape index (κ2) is 8.81. The van der Waals surface area contributed by atoms with Crippen molar-refractivity contribution in [3.63, 3.8) is 0 Å². The highest BCUT2D eigenvalue weighted by Gasteiger charge is 2.36. The van der Waals surface area contributed by atoms with Gasteiger partial charge in [0.15, 0.2) is 0 Å². The zero-order valence-electron chi connectivity index (χ0n) is 17.1. The van der Waals surface area contributed by atoms with Crippen molar-refractivity contribution < 1.29 is 19.1 Å². The smallest absolute Gasteiger partial charge is 0.227 e. The SMILES string of the molecule is COc1ccc(OC)c(N2CC(C(=O)NCc3cccnc3N(C)C)CC2=O)c1. The number of pyridine rings is 1. The first-order chi connectivity index (χ1) is 13.9. The quantitative estimate of drug-likeness (QED) is 0.766. The van der Waals surface area contributed by atoms with Crippen LogP contribution >= 0.6 is 0 Å². The number of benzene rings is 1. The number of nitrogens with one attached hydrogen (secondary N) is 1. The first-order valence-electron chi connectivity index (χ1n) is 9.36. The van der Waals surface area contributed by atoms with Gasteiger partial charge in [0.2, 0.25) is 11.8 Å². The molecule has 1 unspecified atom stereocenters. The lowest BCUT2D eigenvalue weighted by atomic mass is 10.1. The molecule has 1 aliphatic heterocycles. The fourth-order valence-corrected chi connectivity index (χ4v) is 3.42. The Kier molecular flexibility index (Phi) is 6.21. The minimum atomic E-state index is -0.433. The predicted molar refractivity (Wildman–Crippen MR) is 110 cm³/mol. The number of hydrogen-bond acceptors (Lipinski definition) is 6. The Morgan fingerprint density at radius 3 is 2.76 bits per heavy atom. The van der Waals surface area contributed by atoms with Crippen molar-refractivity contribution in [2.24, 2.45) is 5.92 Å². The monoisotopic (exact) mass is 398 g/mol. The van der Waals surface area contributed by atoms with Crippen LogP contribution in [-0.4, -0.2) is 51.7 Å². The molecule has 1 N–H and O–H groups in total. The third kappa shape index (κ3) is 4.42. The molecule has 8 nitrogen and oxygen atoms in total. The Balaban J connectivity index is 1.70. The molecule has 0 spiro atoms. The first-order valence-corrected chi connectivity index (χ1v) is 9.36. The normalized spacial score (nSPS) is 15.9. The molecule has 0 aliphatic carbocycles. The summed E-state index contributed by atoms with van der Waals surface area (Å²) in [6.45, 7) is 0.648. The van der Waals surface area contributed by atoms with Gasteiger partial charge in [-0.1, -0.05) is 6.07 Å². The zero-order chi connectivity index (χ0) is 21.0. The Morgan fingerprint density at radius 2 is 2.07 bits per heavy atom. The van der Waals surface area contributed by atoms with Crippen LogP contribution in [0.1, 0.15) is 12.0 Å². The maximum absolute atomic E-state index is 12.7. The largest absolute Gasteiger partial charge is 0.497 e. The van der Waals surface area contributed by atoms with Crippen molar-refractivity contribution in [2.45, 2.75) is 13.0 Å². The third-order valence-electron chi connectivity index (χ3n) is 4.92. The van der Waals surface area contributed by atoms with E-state index in [-0.39, 0.29) is 18.2 Å². The highest BCUT2D eigenvalue weighted by Crippen LogP contribution is 2.36. The van der Waals surface area contributed by atoms with Gasteiger partial charge in [0.1, 0.15) is 17.3 Å². The Bertz CT molecular complexity index is 900. The number of nitrogens with zero attached hydrogens (tertiary/aromatic N) is 3. The molecular weight excluding hydrogens is 372 g/mol. The van der Waals surface area contributed by atoms with Gasteiger partial charge < -0.3 is 24.6 Å². The van der Waals surface area contributed by atoms with Crippen LogP contribution in [0.2, 0.25) is 0 Å². The summed E-state index contributed by atoms with van der Waals surface area (Å²) >= 11 is 0. The van der Waals surface area contributed by atoms with Crippen LogP contribution < -0.4 is 24.6 Å². The molecule has 8 heteroatoms. The van der Waals surface area contributed by atoms with E-state index in [1.54, 1.807) is 43.5 Å². The van der Waals surface area contributed by atoms with Crippen molar-refractivity contribution in [1.29, 1.82) is 0 Å². The molecule has 1 saturated heterocycles. The van der Waals surface area contributed by atoms with Gasteiger partial charge in [-0.3, -0.25) is 9.59 Å². The average Bonchev–Trinajstić information content (AvgIpc) is 3.13. The second-order valence-corrected chi connectivity index (χ2v) is 7.04. The van der Waals surface area contributed by atoms with Crippen LogP contribution in [0.4, 0.5) is 11.5 Å². The van der Waals surface area contributed by atoms with Gasteiger partial charge in [0, 0.05) is 51.4 Å². The molecule has 2 heterocycles. The van der Waals surface area contributed by atoms with E-state index in [9.17, 15) is 9.59 Å². The van der Waals surface area contributed by atoms with Gasteiger partial charge in [-0.15, -0.1) is 0 Å². The summed E-state index contributed by atoms with van der Waals surface area (Å²) in [6, 6.07) is 9.03. The van der Waals surface area contributed by atoms with Crippen molar-refractivity contribution in [3.8, 4) is 11.5 Å². The van der Waals surface area contributed by atoms with E-state index in [0.717, 1.165) is 11.4 Å². The third-order valence-corrected chi connectivity index (χ3v) is 4.92. The average molecular weight is 398 g/mol. The molecule has 3 rings (SSSR count). The molecule has 2 amide bonds. The molecule has 0 saturated carbocycles. The van der Waals surface area contributed by atoms with Crippen molar-refractivity contribution >= 4 is 23.3 Å². The van der Waals surface area contributed by atoms with E-state index in [0.29, 0.717) is 30.3 Å². The second-order valence-electron chi connectivity index (χ2n) is 7.04. The highest BCUT2D eigenvalue weighted by molar-refractivity contribution is 6.01. The summed E-state index contributed by atoms with van der Waals surface area (Å²) in [5.74, 6) is 1.28. The van der Waals surface area contributed by atoms with Gasteiger partial charge >= 0.3 is 0 Å². The number of methoxy groups -OCH3 is 2. The van der Waals surface area contributed by atoms with Gasteiger partial charge in [-0.25, -0.2) is 4.98 Å². The molecule has 29 heavy (non-hydrogen) atoms. The topological polar surface area (TPSA) is 84.0 Å². The van der Waals surface area contributed by atoms with E-state index in [1.807, 2.05) is 31.1 Å². The molecule has 154 valence electrons. The van der Waals surface area contributed by atoms with Crippen LogP contribution in [-0.2, 0) is 16.1 Å². The Hall–Kier alpha value is -3.29. The Morgan fingerprint density at radius 1 is 1.28 bits per heavy atom. The first kappa shape index (κ1) is 20.4. The maximum Gasteiger partial charge on any atom is 0.227 e. The molecular formula is C21H26N4O4. The van der Waals surface area contributed by atoms with E-state index < -0.39 is 5.92 Å². The number of aromatic nitrogens is 1. The summed E-state index contributed by atoms with van der Waals surface area (Å²) in [5.41, 5.74) is 1.52. The van der Waals surface area contributed by atoms with Gasteiger partial charge in [0.25, 0.3) is 0 Å². The summed E-state index contributed by atoms with van der Waals surface area (Å²) in [6.07, 6.45) is 1.87. The summed E-state index contributed by atoms with van der Waals surface area (Å²) in [4.78, 5) is 33.2. The van der Waals surface area contributed by atoms with Gasteiger partial charge in [-0.05, 0) is 18.2 Å². The van der Waals surface area contributed by atoms with Crippen LogP contribution in [0.15, 0.2) is 36.5 Å². The number of hydrogen-bond donors (Lipinski definition) is 1. The molecule has 2 aromatic rings. The van der Waals surface area contributed by atoms with E-state index in [4.69, 9.17) is 9.47 Å². The molecule has 1 atom stereocenters. The zero-order valence-corrected chi connectivity index (χ0v) is 17.1. The lowest BCUT2D eigenvalue weighted by molar-refractivity contribution is -0.126. The number of anilines is 2. The van der Waals surface area contributed by atoms with Crippen LogP contribution in [0.3, 0.4) is 0 Å². The Labute approximate surface area is 170 Å². The van der Waals surface area contributed by atoms with Crippen LogP contribution in [0, 0.1) is 5.92 Å². The molecule has 1 aromatic carbocycles. The van der Waals surface area contributed by atoms with E-state index >= 15 is 0 Å². The summed E-state index contributed by atoms with van der Waals surface area (Å²) < 4.78 is 10.6. The van der Waals surface area contributed by atoms with Crippen molar-refractivity contribution in [1.82, 2.24) is 10.3 Å². The lowest BCUT2D eigenvalue weighted by Gasteiger charge is -2.20. The van der Waals surface area contributed by atoms with Crippen molar-refractivity contribution in [3.05, 3.63) is 42.1 Å². The highest BCUT2D eigenvalue weighted by atomic mass is 16.5. The fourth-order valence-electron chi connectivity index (χ4n) is 3.42. The fraction of sp³-hybridized carbons (Fsp3) is 0.381. The predicted octanol–water partition coefficient (Wildman–Crippen LogP) is 1.83. The minimum Gasteiger partial charge on any atom is -0.497 e. The van der Waals surface area contributed by atoms with E-state index in [2.05, 4.69) is 10.3 Å². The molecule has 0 bridgehead atoms. The maximum atomic E-state index is 12.7. The summed E-state index contributed by atoms with van der Waals surface area (Å²) in [7, 11) is 6.92. The molecule has 0 radical (unpaired) electrons. The van der Waals surface area contributed by atoms with Gasteiger partial charge in [-0.2, -0.15) is 0 Å². The number of amides is 2. The van der Waals surface area contributed by atoms with Gasteiger partial charge in [0.05, 0.1) is 25.8 Å². The molecule has 1 fully saturated rings. The van der Waals surface area contributed by atoms with Crippen LogP contribution in [0.5, 0.6) is 11.5 Å². The van der Waals surface area contributed by atoms with Crippen LogP contribution in [0.25, 0.3) is 0 Å². The molecule has 1 aliphatic rings. The summed E-state index contributed by atoms with van der Waals surface area (Å²) in [5, 5.41) is 2.94. The van der Waals surface area contributed by atoms with E-state index in [1.165, 1.54) is 0 Å². The number of rotatable bonds is 7. The molecule has 1 aromatic heterocycles. The lowest BCUT2D eigenvalue weighted by Crippen LogP contribution is -2.33. The number of ether oxygens (including phenoxy) is 2. The number of carbonyl (C=O) groups excluding carboxylic acids is 2. The standard InChI is InChI=1S/C21H26N4O4/c1-24(2)20-14(6-5-9-22-20)12-23-21(27)15-10-19(26)25(13-15)17-11-16(28-3)7-8-18(17)29-4/h5-9,11,15H,10,12-13H2,1-4H3,(H,23,27). The van der Waals surface area contributed by atoms with Crippen molar-refractivity contribution in [2.75, 3.05) is 44.7 Å². The number of carbonyl (C=O) groups is 2. The minimum absolute atomic E-state index is 0.118.